The Morgan fingerprint density at radius 3 is 2.56 bits per heavy atom. The van der Waals surface area contributed by atoms with Gasteiger partial charge in [-0.3, -0.25) is 0 Å². The van der Waals surface area contributed by atoms with E-state index >= 15 is 0 Å². The largest absolute Gasteiger partial charge is 0.491 e. The van der Waals surface area contributed by atoms with Crippen LogP contribution in [0.5, 0.6) is 5.75 Å². The van der Waals surface area contributed by atoms with Crippen LogP contribution in [0.2, 0.25) is 5.02 Å². The molecular weight excluding hydrogens is 532 g/mol. The minimum atomic E-state index is -3.44. The summed E-state index contributed by atoms with van der Waals surface area (Å²) in [5.41, 5.74) is 5.03. The van der Waals surface area contributed by atoms with E-state index < -0.39 is 9.84 Å². The van der Waals surface area contributed by atoms with E-state index in [0.717, 1.165) is 44.5 Å². The van der Waals surface area contributed by atoms with Crippen molar-refractivity contribution in [3.05, 3.63) is 69.6 Å². The number of hydrogen-bond acceptors (Lipinski definition) is 7. The zero-order chi connectivity index (χ0) is 28.2. The highest BCUT2D eigenvalue weighted by atomic mass is 35.5. The molecule has 1 aromatic heterocycles. The molecule has 39 heavy (non-hydrogen) atoms. The Kier molecular flexibility index (Phi) is 9.51. The predicted molar refractivity (Wildman–Crippen MR) is 158 cm³/mol. The van der Waals surface area contributed by atoms with Crippen molar-refractivity contribution in [2.24, 2.45) is 0 Å². The normalized spacial score (nSPS) is 14.5. The zero-order valence-electron chi connectivity index (χ0n) is 23.5. The molecular formula is C30H39ClN4O3S. The SMILES string of the molecule is Cc1cc(CCCc2ncc(Cl)c(Nc3cccc(C)c3S(C)(=O)=O)n2)c(OC(C)C)cc1C1CCNCC1. The van der Waals surface area contributed by atoms with Gasteiger partial charge in [0.15, 0.2) is 15.7 Å². The van der Waals surface area contributed by atoms with Crippen LogP contribution in [0.25, 0.3) is 0 Å². The van der Waals surface area contributed by atoms with E-state index in [1.807, 2.05) is 0 Å². The minimum Gasteiger partial charge on any atom is -0.491 e. The smallest absolute Gasteiger partial charge is 0.177 e. The summed E-state index contributed by atoms with van der Waals surface area (Å²) in [6.45, 7) is 10.2. The highest BCUT2D eigenvalue weighted by Gasteiger charge is 2.21. The number of benzene rings is 2. The number of rotatable bonds is 10. The molecule has 1 fully saturated rings. The molecule has 2 aromatic carbocycles. The van der Waals surface area contributed by atoms with Crippen LogP contribution in [0.15, 0.2) is 41.4 Å². The molecule has 2 N–H and O–H groups in total. The quantitative estimate of drug-likeness (QED) is 0.294. The number of hydrogen-bond donors (Lipinski definition) is 2. The summed E-state index contributed by atoms with van der Waals surface area (Å²) in [5.74, 6) is 2.57. The van der Waals surface area contributed by atoms with Crippen LogP contribution < -0.4 is 15.4 Å². The summed E-state index contributed by atoms with van der Waals surface area (Å²) in [7, 11) is -3.44. The lowest BCUT2D eigenvalue weighted by Gasteiger charge is -2.26. The van der Waals surface area contributed by atoms with Gasteiger partial charge >= 0.3 is 0 Å². The predicted octanol–water partition coefficient (Wildman–Crippen LogP) is 6.32. The maximum Gasteiger partial charge on any atom is 0.177 e. The number of aryl methyl sites for hydroxylation is 4. The van der Waals surface area contributed by atoms with Crippen LogP contribution in [0, 0.1) is 13.8 Å². The van der Waals surface area contributed by atoms with Crippen molar-refractivity contribution in [3.8, 4) is 5.75 Å². The van der Waals surface area contributed by atoms with E-state index in [0.29, 0.717) is 40.3 Å². The molecule has 0 amide bonds. The lowest BCUT2D eigenvalue weighted by atomic mass is 9.86. The molecule has 1 aliphatic rings. The molecule has 210 valence electrons. The van der Waals surface area contributed by atoms with Gasteiger partial charge in [0.1, 0.15) is 16.6 Å². The fourth-order valence-corrected chi connectivity index (χ4v) is 6.62. The van der Waals surface area contributed by atoms with Crippen molar-refractivity contribution in [2.75, 3.05) is 24.7 Å². The molecule has 0 atom stereocenters. The van der Waals surface area contributed by atoms with E-state index in [-0.39, 0.29) is 11.0 Å². The maximum atomic E-state index is 12.4. The molecule has 1 aliphatic heterocycles. The van der Waals surface area contributed by atoms with Gasteiger partial charge in [-0.2, -0.15) is 0 Å². The minimum absolute atomic E-state index is 0.0963. The van der Waals surface area contributed by atoms with Crippen molar-refractivity contribution in [3.63, 3.8) is 0 Å². The van der Waals surface area contributed by atoms with Gasteiger partial charge in [-0.25, -0.2) is 18.4 Å². The van der Waals surface area contributed by atoms with E-state index in [1.54, 1.807) is 31.3 Å². The van der Waals surface area contributed by atoms with Gasteiger partial charge in [-0.05, 0) is 107 Å². The van der Waals surface area contributed by atoms with Crippen molar-refractivity contribution in [2.45, 2.75) is 76.7 Å². The summed E-state index contributed by atoms with van der Waals surface area (Å²) in [5, 5.41) is 6.91. The van der Waals surface area contributed by atoms with Crippen molar-refractivity contribution in [1.29, 1.82) is 0 Å². The van der Waals surface area contributed by atoms with Gasteiger partial charge in [0.25, 0.3) is 0 Å². The molecule has 7 nitrogen and oxygen atoms in total. The first-order valence-corrected chi connectivity index (χ1v) is 15.9. The lowest BCUT2D eigenvalue weighted by molar-refractivity contribution is 0.239. The Morgan fingerprint density at radius 1 is 1.13 bits per heavy atom. The topological polar surface area (TPSA) is 93.2 Å². The fourth-order valence-electron chi connectivity index (χ4n) is 5.31. The molecule has 3 aromatic rings. The Balaban J connectivity index is 1.50. The van der Waals surface area contributed by atoms with Crippen molar-refractivity contribution < 1.29 is 13.2 Å². The van der Waals surface area contributed by atoms with Crippen LogP contribution in [0.3, 0.4) is 0 Å². The number of piperidine rings is 1. The first kappa shape index (κ1) is 29.3. The van der Waals surface area contributed by atoms with Crippen LogP contribution in [0.1, 0.15) is 67.1 Å². The van der Waals surface area contributed by atoms with E-state index in [1.165, 1.54) is 22.9 Å². The van der Waals surface area contributed by atoms with Gasteiger partial charge in [0.2, 0.25) is 0 Å². The Labute approximate surface area is 237 Å². The molecule has 0 bridgehead atoms. The number of anilines is 2. The highest BCUT2D eigenvalue weighted by molar-refractivity contribution is 7.91. The first-order valence-electron chi connectivity index (χ1n) is 13.6. The van der Waals surface area contributed by atoms with Crippen molar-refractivity contribution >= 4 is 32.9 Å². The molecule has 0 radical (unpaired) electrons. The van der Waals surface area contributed by atoms with Crippen molar-refractivity contribution in [1.82, 2.24) is 15.3 Å². The molecule has 2 heterocycles. The third kappa shape index (κ3) is 7.50. The van der Waals surface area contributed by atoms with Crippen LogP contribution >= 0.6 is 11.6 Å². The Hall–Kier alpha value is -2.68. The summed E-state index contributed by atoms with van der Waals surface area (Å²) in [6.07, 6.45) is 7.48. The Bertz CT molecular complexity index is 1420. The lowest BCUT2D eigenvalue weighted by Crippen LogP contribution is -2.27. The third-order valence-electron chi connectivity index (χ3n) is 7.07. The number of ether oxygens (including phenoxy) is 1. The molecule has 0 saturated carbocycles. The first-order chi connectivity index (χ1) is 18.5. The molecule has 1 saturated heterocycles. The van der Waals surface area contributed by atoms with E-state index in [2.05, 4.69) is 53.5 Å². The van der Waals surface area contributed by atoms with Crippen LogP contribution in [-0.2, 0) is 22.7 Å². The molecule has 0 spiro atoms. The molecule has 0 unspecified atom stereocenters. The maximum absolute atomic E-state index is 12.4. The summed E-state index contributed by atoms with van der Waals surface area (Å²) in [4.78, 5) is 9.29. The standard InChI is InChI=1S/C30H39ClN4O3S/c1-19(2)38-27-17-24(22-12-14-32-15-13-22)21(4)16-23(27)9-7-11-28-33-18-25(31)30(35-28)34-26-10-6-8-20(3)29(26)39(5,36)37/h6,8,10,16-19,22,32H,7,9,11-15H2,1-5H3,(H,33,34,35). The van der Waals surface area contributed by atoms with E-state index in [4.69, 9.17) is 16.3 Å². The number of nitrogens with zero attached hydrogens (tertiary/aromatic N) is 2. The molecule has 9 heteroatoms. The van der Waals surface area contributed by atoms with Gasteiger partial charge in [0, 0.05) is 12.7 Å². The van der Waals surface area contributed by atoms with Gasteiger partial charge in [-0.15, -0.1) is 0 Å². The molecule has 0 aliphatic carbocycles. The average molecular weight is 571 g/mol. The molecule has 4 rings (SSSR count). The number of nitrogens with one attached hydrogen (secondary N) is 2. The second-order valence-electron chi connectivity index (χ2n) is 10.7. The summed E-state index contributed by atoms with van der Waals surface area (Å²) >= 11 is 6.39. The van der Waals surface area contributed by atoms with Gasteiger partial charge in [0.05, 0.1) is 22.9 Å². The monoisotopic (exact) mass is 570 g/mol. The van der Waals surface area contributed by atoms with Crippen LogP contribution in [-0.4, -0.2) is 43.8 Å². The number of halogens is 1. The fraction of sp³-hybridized carbons (Fsp3) is 0.467. The van der Waals surface area contributed by atoms with Gasteiger partial charge < -0.3 is 15.4 Å². The summed E-state index contributed by atoms with van der Waals surface area (Å²) < 4.78 is 31.1. The second-order valence-corrected chi connectivity index (χ2v) is 13.1. The summed E-state index contributed by atoms with van der Waals surface area (Å²) in [6, 6.07) is 9.84. The number of sulfone groups is 1. The zero-order valence-corrected chi connectivity index (χ0v) is 25.0. The Morgan fingerprint density at radius 2 is 1.87 bits per heavy atom. The van der Waals surface area contributed by atoms with E-state index in [9.17, 15) is 8.42 Å². The third-order valence-corrected chi connectivity index (χ3v) is 8.63. The highest BCUT2D eigenvalue weighted by Crippen LogP contribution is 2.34. The van der Waals surface area contributed by atoms with Gasteiger partial charge in [-0.1, -0.05) is 29.8 Å². The second kappa shape index (κ2) is 12.7. The average Bonchev–Trinajstić information content (AvgIpc) is 2.87. The number of aromatic nitrogens is 2. The van der Waals surface area contributed by atoms with Crippen LogP contribution in [0.4, 0.5) is 11.5 Å².